The zero-order chi connectivity index (χ0) is 8.77. The van der Waals surface area contributed by atoms with Crippen LogP contribution in [0.5, 0.6) is 0 Å². The molecule has 68 valence electrons. The van der Waals surface area contributed by atoms with Crippen LogP contribution in [0, 0.1) is 11.3 Å². The molecule has 0 aromatic carbocycles. The van der Waals surface area contributed by atoms with Crippen molar-refractivity contribution in [2.45, 2.75) is 32.8 Å². The molecule has 1 saturated heterocycles. The highest BCUT2D eigenvalue weighted by Crippen LogP contribution is 2.44. The molecule has 3 heteroatoms. The van der Waals surface area contributed by atoms with Crippen LogP contribution in [0.2, 0.25) is 0 Å². The van der Waals surface area contributed by atoms with E-state index in [2.05, 4.69) is 13.8 Å². The normalized spacial score (nSPS) is 38.3. The summed E-state index contributed by atoms with van der Waals surface area (Å²) in [4.78, 5) is 0. The Labute approximate surface area is 78.2 Å². The molecular weight excluding hydrogens is 172 g/mol. The molecule has 2 rings (SSSR count). The van der Waals surface area contributed by atoms with Gasteiger partial charge in [0.1, 0.15) is 6.10 Å². The smallest absolute Gasteiger partial charge is 0.352 e. The van der Waals surface area contributed by atoms with Crippen molar-refractivity contribution in [3.63, 3.8) is 0 Å². The van der Waals surface area contributed by atoms with Crippen LogP contribution in [0.1, 0.15) is 26.7 Å². The molecule has 0 bridgehead atoms. The summed E-state index contributed by atoms with van der Waals surface area (Å²) in [5.41, 5.74) is 0.401. The van der Waals surface area contributed by atoms with E-state index in [1.54, 1.807) is 0 Å². The van der Waals surface area contributed by atoms with Crippen LogP contribution in [0.25, 0.3) is 0 Å². The molecule has 0 amide bonds. The SMILES string of the molecule is CC1(C)C[C@H]2COC(=S)O[C@@H]2C1. The third-order valence-corrected chi connectivity index (χ3v) is 2.97. The maximum absolute atomic E-state index is 5.46. The number of fused-ring (bicyclic) bond motifs is 1. The lowest BCUT2D eigenvalue weighted by Crippen LogP contribution is -2.32. The predicted octanol–water partition coefficient (Wildman–Crippen LogP) is 2.12. The van der Waals surface area contributed by atoms with Crippen LogP contribution in [-0.4, -0.2) is 17.9 Å². The lowest BCUT2D eigenvalue weighted by atomic mass is 9.91. The van der Waals surface area contributed by atoms with Gasteiger partial charge in [0.15, 0.2) is 0 Å². The molecule has 2 atom stereocenters. The summed E-state index contributed by atoms with van der Waals surface area (Å²) in [5, 5.41) is 0.342. The molecule has 1 aliphatic heterocycles. The second-order valence-corrected chi connectivity index (χ2v) is 4.88. The van der Waals surface area contributed by atoms with Gasteiger partial charge in [-0.25, -0.2) is 0 Å². The topological polar surface area (TPSA) is 18.5 Å². The first-order chi connectivity index (χ1) is 5.57. The van der Waals surface area contributed by atoms with Crippen LogP contribution >= 0.6 is 12.2 Å². The fourth-order valence-electron chi connectivity index (χ4n) is 2.27. The van der Waals surface area contributed by atoms with Gasteiger partial charge in [0.2, 0.25) is 0 Å². The molecule has 0 aromatic heterocycles. The van der Waals surface area contributed by atoms with Gasteiger partial charge in [-0.3, -0.25) is 0 Å². The molecule has 0 radical (unpaired) electrons. The Morgan fingerprint density at radius 2 is 2.17 bits per heavy atom. The van der Waals surface area contributed by atoms with Crippen molar-refractivity contribution >= 4 is 17.5 Å². The summed E-state index contributed by atoms with van der Waals surface area (Å²) in [7, 11) is 0. The highest BCUT2D eigenvalue weighted by Gasteiger charge is 2.43. The molecule has 1 aliphatic carbocycles. The standard InChI is InChI=1S/C9H14O2S/c1-9(2)3-6-5-10-8(12)11-7(6)4-9/h6-7H,3-5H2,1-2H3/t6-,7+/m0/s1. The second kappa shape index (κ2) is 2.59. The van der Waals surface area contributed by atoms with Crippen LogP contribution in [-0.2, 0) is 9.47 Å². The highest BCUT2D eigenvalue weighted by atomic mass is 32.1. The van der Waals surface area contributed by atoms with Crippen molar-refractivity contribution in [2.24, 2.45) is 11.3 Å². The lowest BCUT2D eigenvalue weighted by Gasteiger charge is -2.26. The van der Waals surface area contributed by atoms with E-state index in [0.29, 0.717) is 22.7 Å². The molecule has 2 aliphatic rings. The van der Waals surface area contributed by atoms with E-state index in [0.717, 1.165) is 13.0 Å². The monoisotopic (exact) mass is 186 g/mol. The maximum Gasteiger partial charge on any atom is 0.352 e. The van der Waals surface area contributed by atoms with Gasteiger partial charge in [-0.1, -0.05) is 13.8 Å². The summed E-state index contributed by atoms with van der Waals surface area (Å²) < 4.78 is 10.6. The molecule has 0 unspecified atom stereocenters. The van der Waals surface area contributed by atoms with Gasteiger partial charge in [-0.2, -0.15) is 0 Å². The fourth-order valence-corrected chi connectivity index (χ4v) is 2.46. The highest BCUT2D eigenvalue weighted by molar-refractivity contribution is 7.79. The molecule has 2 fully saturated rings. The quantitative estimate of drug-likeness (QED) is 0.540. The summed E-state index contributed by atoms with van der Waals surface area (Å²) >= 11 is 4.86. The minimum Gasteiger partial charge on any atom is -0.456 e. The largest absolute Gasteiger partial charge is 0.456 e. The average Bonchev–Trinajstić information content (AvgIpc) is 2.21. The van der Waals surface area contributed by atoms with Gasteiger partial charge in [-0.15, -0.1) is 0 Å². The molecule has 0 aromatic rings. The summed E-state index contributed by atoms with van der Waals surface area (Å²) in [6, 6.07) is 0. The minimum absolute atomic E-state index is 0.321. The summed E-state index contributed by atoms with van der Waals surface area (Å²) in [6.07, 6.45) is 2.63. The van der Waals surface area contributed by atoms with Crippen LogP contribution in [0.15, 0.2) is 0 Å². The van der Waals surface area contributed by atoms with Gasteiger partial charge in [0.05, 0.1) is 6.61 Å². The summed E-state index contributed by atoms with van der Waals surface area (Å²) in [6.45, 7) is 5.31. The summed E-state index contributed by atoms with van der Waals surface area (Å²) in [5.74, 6) is 0.562. The van der Waals surface area contributed by atoms with E-state index >= 15 is 0 Å². The molecule has 0 N–H and O–H groups in total. The van der Waals surface area contributed by atoms with Crippen LogP contribution < -0.4 is 0 Å². The third-order valence-electron chi connectivity index (χ3n) is 2.76. The van der Waals surface area contributed by atoms with Crippen molar-refractivity contribution < 1.29 is 9.47 Å². The van der Waals surface area contributed by atoms with E-state index in [9.17, 15) is 0 Å². The Kier molecular flexibility index (Phi) is 1.79. The Morgan fingerprint density at radius 1 is 1.42 bits per heavy atom. The first-order valence-electron chi connectivity index (χ1n) is 4.40. The fraction of sp³-hybridized carbons (Fsp3) is 0.889. The van der Waals surface area contributed by atoms with Gasteiger partial charge >= 0.3 is 5.24 Å². The molecule has 1 saturated carbocycles. The van der Waals surface area contributed by atoms with Crippen molar-refractivity contribution in [1.82, 2.24) is 0 Å². The third kappa shape index (κ3) is 1.42. The molecule has 1 heterocycles. The van der Waals surface area contributed by atoms with Crippen molar-refractivity contribution in [3.05, 3.63) is 0 Å². The molecule has 0 spiro atoms. The van der Waals surface area contributed by atoms with E-state index in [4.69, 9.17) is 21.7 Å². The first-order valence-corrected chi connectivity index (χ1v) is 4.81. The second-order valence-electron chi connectivity index (χ2n) is 4.55. The Morgan fingerprint density at radius 3 is 2.92 bits per heavy atom. The van der Waals surface area contributed by atoms with Crippen molar-refractivity contribution in [2.75, 3.05) is 6.61 Å². The molecule has 12 heavy (non-hydrogen) atoms. The number of hydrogen-bond donors (Lipinski definition) is 0. The first kappa shape index (κ1) is 8.30. The van der Waals surface area contributed by atoms with Gasteiger partial charge < -0.3 is 9.47 Å². The van der Waals surface area contributed by atoms with Crippen molar-refractivity contribution in [3.8, 4) is 0 Å². The van der Waals surface area contributed by atoms with Crippen LogP contribution in [0.4, 0.5) is 0 Å². The zero-order valence-electron chi connectivity index (χ0n) is 7.50. The number of thiocarbonyl (C=S) groups is 1. The van der Waals surface area contributed by atoms with E-state index in [1.807, 2.05) is 0 Å². The minimum atomic E-state index is 0.321. The predicted molar refractivity (Wildman–Crippen MR) is 49.9 cm³/mol. The lowest BCUT2D eigenvalue weighted by molar-refractivity contribution is 0.0155. The molecule has 2 nitrogen and oxygen atoms in total. The number of hydrogen-bond acceptors (Lipinski definition) is 3. The number of ether oxygens (including phenoxy) is 2. The van der Waals surface area contributed by atoms with E-state index in [1.165, 1.54) is 6.42 Å². The van der Waals surface area contributed by atoms with Gasteiger partial charge in [-0.05, 0) is 18.3 Å². The van der Waals surface area contributed by atoms with Crippen molar-refractivity contribution in [1.29, 1.82) is 0 Å². The number of rotatable bonds is 0. The zero-order valence-corrected chi connectivity index (χ0v) is 8.32. The van der Waals surface area contributed by atoms with E-state index in [-0.39, 0.29) is 0 Å². The Balaban J connectivity index is 2.07. The molecular formula is C9H14O2S. The van der Waals surface area contributed by atoms with Gasteiger partial charge in [0.25, 0.3) is 0 Å². The van der Waals surface area contributed by atoms with Crippen LogP contribution in [0.3, 0.4) is 0 Å². The maximum atomic E-state index is 5.46. The van der Waals surface area contributed by atoms with E-state index < -0.39 is 0 Å². The van der Waals surface area contributed by atoms with Gasteiger partial charge in [0, 0.05) is 18.1 Å². The Bertz CT molecular complexity index is 213. The average molecular weight is 186 g/mol. The Hall–Kier alpha value is -0.310.